The number of hydrogen-bond donors (Lipinski definition) is 0. The smallest absolute Gasteiger partial charge is 0.333 e. The summed E-state index contributed by atoms with van der Waals surface area (Å²) in [5.74, 6) is 0.0236. The number of allylic oxidation sites excluding steroid dienone is 1. The molecule has 0 aliphatic rings. The van der Waals surface area contributed by atoms with E-state index in [9.17, 15) is 9.00 Å². The predicted molar refractivity (Wildman–Crippen MR) is 136 cm³/mol. The Balaban J connectivity index is 2.15. The molecule has 0 saturated heterocycles. The third-order valence-corrected chi connectivity index (χ3v) is 6.95. The van der Waals surface area contributed by atoms with Gasteiger partial charge in [0.1, 0.15) is 5.75 Å². The summed E-state index contributed by atoms with van der Waals surface area (Å²) in [6.07, 6.45) is 6.54. The minimum Gasteiger partial charge on any atom is -0.495 e. The fraction of sp³-hybridized carbons (Fsp3) is 0.250. The summed E-state index contributed by atoms with van der Waals surface area (Å²) in [7, 11) is 1.29. The molecule has 0 aliphatic carbocycles. The Bertz CT molecular complexity index is 1180. The molecule has 0 aromatic heterocycles. The highest BCUT2D eigenvalue weighted by molar-refractivity contribution is 7.89. The average Bonchev–Trinajstić information content (AvgIpc) is 2.89. The van der Waals surface area contributed by atoms with E-state index >= 15 is 0 Å². The van der Waals surface area contributed by atoms with Gasteiger partial charge in [-0.3, -0.25) is 0 Å². The van der Waals surface area contributed by atoms with E-state index < -0.39 is 22.9 Å². The molecule has 3 rings (SSSR count). The van der Waals surface area contributed by atoms with Crippen LogP contribution >= 0.6 is 0 Å². The van der Waals surface area contributed by atoms with Crippen molar-refractivity contribution >= 4 is 27.5 Å². The molecule has 0 radical (unpaired) electrons. The van der Waals surface area contributed by atoms with Crippen LogP contribution in [-0.4, -0.2) is 24.4 Å². The first kappa shape index (κ1) is 25.2. The van der Waals surface area contributed by atoms with Crippen molar-refractivity contribution in [2.24, 2.45) is 0 Å². The highest BCUT2D eigenvalue weighted by atomic mass is 32.2. The molecule has 178 valence electrons. The van der Waals surface area contributed by atoms with E-state index in [1.54, 1.807) is 7.11 Å². The predicted octanol–water partition coefficient (Wildman–Crippen LogP) is 6.47. The molecule has 0 aliphatic heterocycles. The minimum absolute atomic E-state index is 0.528. The first-order chi connectivity index (χ1) is 16.6. The first-order valence-electron chi connectivity index (χ1n) is 11.2. The van der Waals surface area contributed by atoms with Crippen LogP contribution in [0.25, 0.3) is 10.8 Å². The number of hydrogen-bond acceptors (Lipinski definition) is 5. The summed E-state index contributed by atoms with van der Waals surface area (Å²) >= 11 is 0. The molecule has 34 heavy (non-hydrogen) atoms. The third-order valence-electron chi connectivity index (χ3n) is 5.35. The van der Waals surface area contributed by atoms with Crippen LogP contribution in [0.1, 0.15) is 37.9 Å². The van der Waals surface area contributed by atoms with Gasteiger partial charge in [0.05, 0.1) is 47.2 Å². The van der Waals surface area contributed by atoms with Gasteiger partial charge in [0, 0.05) is 5.39 Å². The van der Waals surface area contributed by atoms with Crippen molar-refractivity contribution in [2.45, 2.75) is 37.2 Å². The molecule has 1 unspecified atom stereocenters. The molecule has 0 fully saturated rings. The second-order valence-corrected chi connectivity index (χ2v) is 9.01. The van der Waals surface area contributed by atoms with E-state index in [-0.39, 0.29) is 0 Å². The first-order valence-corrected chi connectivity index (χ1v) is 12.4. The standard InChI is InChI=1S/C28H30O5S/c1-4-5-7-16-25(27(22-13-8-6-9-14-22)33-20-19-26(29)32-3)34(30)28-23-15-11-10-12-21(23)17-18-24(28)31-2/h6,8-20,27H,4-5,7H2,1-3H3/b20-19+,25-16-/t27-,34?/m0/s1. The molecular weight excluding hydrogens is 448 g/mol. The largest absolute Gasteiger partial charge is 0.495 e. The van der Waals surface area contributed by atoms with Crippen LogP contribution in [0.15, 0.2) is 94.9 Å². The maximum atomic E-state index is 14.3. The summed E-state index contributed by atoms with van der Waals surface area (Å²) in [4.78, 5) is 12.8. The number of carbonyl (C=O) groups excluding carboxylic acids is 1. The normalized spacial score (nSPS) is 13.6. The van der Waals surface area contributed by atoms with Gasteiger partial charge in [-0.25, -0.2) is 9.00 Å². The van der Waals surface area contributed by atoms with Crippen molar-refractivity contribution in [3.63, 3.8) is 0 Å². The maximum absolute atomic E-state index is 14.3. The van der Waals surface area contributed by atoms with Crippen LogP contribution in [-0.2, 0) is 25.1 Å². The van der Waals surface area contributed by atoms with E-state index in [0.29, 0.717) is 15.6 Å². The van der Waals surface area contributed by atoms with Gasteiger partial charge in [0.25, 0.3) is 0 Å². The van der Waals surface area contributed by atoms with Crippen LogP contribution in [0.2, 0.25) is 0 Å². The lowest BCUT2D eigenvalue weighted by Gasteiger charge is -2.22. The quantitative estimate of drug-likeness (QED) is 0.137. The number of unbranched alkanes of at least 4 members (excludes halogenated alkanes) is 2. The van der Waals surface area contributed by atoms with E-state index in [1.807, 2.05) is 72.8 Å². The Morgan fingerprint density at radius 3 is 2.44 bits per heavy atom. The lowest BCUT2D eigenvalue weighted by molar-refractivity contribution is -0.135. The lowest BCUT2D eigenvalue weighted by atomic mass is 10.1. The molecule has 0 N–H and O–H groups in total. The molecule has 0 amide bonds. The van der Waals surface area contributed by atoms with Gasteiger partial charge in [-0.15, -0.1) is 0 Å². The number of fused-ring (bicyclic) bond motifs is 1. The zero-order valence-electron chi connectivity index (χ0n) is 19.7. The third kappa shape index (κ3) is 6.14. The maximum Gasteiger partial charge on any atom is 0.333 e. The molecule has 5 nitrogen and oxygen atoms in total. The van der Waals surface area contributed by atoms with Crippen molar-refractivity contribution in [3.8, 4) is 5.75 Å². The van der Waals surface area contributed by atoms with Crippen molar-refractivity contribution in [3.05, 3.63) is 95.6 Å². The number of benzene rings is 3. The van der Waals surface area contributed by atoms with Crippen LogP contribution in [0.5, 0.6) is 5.75 Å². The van der Waals surface area contributed by atoms with Crippen LogP contribution in [0.4, 0.5) is 0 Å². The number of ether oxygens (including phenoxy) is 3. The average molecular weight is 479 g/mol. The monoisotopic (exact) mass is 478 g/mol. The highest BCUT2D eigenvalue weighted by Crippen LogP contribution is 2.38. The molecule has 6 heteroatoms. The zero-order chi connectivity index (χ0) is 24.3. The summed E-state index contributed by atoms with van der Waals surface area (Å²) < 4.78 is 30.6. The van der Waals surface area contributed by atoms with Crippen molar-refractivity contribution < 1.29 is 23.2 Å². The summed E-state index contributed by atoms with van der Waals surface area (Å²) in [5, 5.41) is 1.83. The Hall–Kier alpha value is -3.38. The van der Waals surface area contributed by atoms with E-state index in [1.165, 1.54) is 19.4 Å². The van der Waals surface area contributed by atoms with Crippen molar-refractivity contribution in [1.29, 1.82) is 0 Å². The second-order valence-electron chi connectivity index (χ2n) is 7.59. The Morgan fingerprint density at radius 1 is 1.00 bits per heavy atom. The van der Waals surface area contributed by atoms with Crippen LogP contribution in [0.3, 0.4) is 0 Å². The molecule has 0 spiro atoms. The zero-order valence-corrected chi connectivity index (χ0v) is 20.5. The van der Waals surface area contributed by atoms with Crippen molar-refractivity contribution in [2.75, 3.05) is 14.2 Å². The summed E-state index contributed by atoms with van der Waals surface area (Å²) in [5.41, 5.74) is 0.826. The second kappa shape index (κ2) is 12.8. The SMILES string of the molecule is CCCC/C=C(/[C@@H](O/C=C/C(=O)OC)c1ccccc1)S(=O)c1c(OC)ccc2ccccc12. The van der Waals surface area contributed by atoms with Gasteiger partial charge < -0.3 is 14.2 Å². The van der Waals surface area contributed by atoms with Gasteiger partial charge in [-0.05, 0) is 23.4 Å². The van der Waals surface area contributed by atoms with Gasteiger partial charge in [0.2, 0.25) is 0 Å². The highest BCUT2D eigenvalue weighted by Gasteiger charge is 2.27. The molecule has 0 bridgehead atoms. The van der Waals surface area contributed by atoms with Crippen LogP contribution < -0.4 is 4.74 Å². The molecule has 2 atom stereocenters. The fourth-order valence-electron chi connectivity index (χ4n) is 3.60. The van der Waals surface area contributed by atoms with E-state index in [2.05, 4.69) is 11.7 Å². The minimum atomic E-state index is -1.60. The van der Waals surface area contributed by atoms with Gasteiger partial charge >= 0.3 is 5.97 Å². The number of rotatable bonds is 11. The summed E-state index contributed by atoms with van der Waals surface area (Å²) in [6, 6.07) is 21.2. The molecule has 3 aromatic rings. The van der Waals surface area contributed by atoms with Gasteiger partial charge in [-0.2, -0.15) is 0 Å². The Morgan fingerprint density at radius 2 is 1.74 bits per heavy atom. The number of esters is 1. The fourth-order valence-corrected chi connectivity index (χ4v) is 5.21. The van der Waals surface area contributed by atoms with E-state index in [4.69, 9.17) is 9.47 Å². The Kier molecular flexibility index (Phi) is 9.47. The Labute approximate surface area is 203 Å². The molecule has 3 aromatic carbocycles. The number of methoxy groups -OCH3 is 2. The summed E-state index contributed by atoms with van der Waals surface area (Å²) in [6.45, 7) is 2.11. The molecule has 0 heterocycles. The van der Waals surface area contributed by atoms with Crippen molar-refractivity contribution in [1.82, 2.24) is 0 Å². The van der Waals surface area contributed by atoms with Gasteiger partial charge in [-0.1, -0.05) is 86.5 Å². The topological polar surface area (TPSA) is 61.8 Å². The van der Waals surface area contributed by atoms with Gasteiger partial charge in [0.15, 0.2) is 6.10 Å². The number of carbonyl (C=O) groups is 1. The van der Waals surface area contributed by atoms with Crippen LogP contribution in [0, 0.1) is 0 Å². The lowest BCUT2D eigenvalue weighted by Crippen LogP contribution is -2.11. The molecule has 0 saturated carbocycles. The molecular formula is C28H30O5S. The van der Waals surface area contributed by atoms with E-state index in [0.717, 1.165) is 35.6 Å².